The fraction of sp³-hybridized carbons (Fsp3) is 0.385. The van der Waals surface area contributed by atoms with Crippen LogP contribution in [0.25, 0.3) is 6.08 Å². The lowest BCUT2D eigenvalue weighted by Crippen LogP contribution is -2.05. The molecule has 1 rings (SSSR count). The predicted molar refractivity (Wildman–Crippen MR) is 63.4 cm³/mol. The van der Waals surface area contributed by atoms with Gasteiger partial charge in [0.05, 0.1) is 13.7 Å². The van der Waals surface area contributed by atoms with Gasteiger partial charge in [0, 0.05) is 0 Å². The monoisotopic (exact) mass is 206 g/mol. The molecule has 0 aliphatic heterocycles. The van der Waals surface area contributed by atoms with Crippen LogP contribution in [0.15, 0.2) is 24.8 Å². The zero-order chi connectivity index (χ0) is 11.3. The highest BCUT2D eigenvalue weighted by atomic mass is 16.5. The summed E-state index contributed by atoms with van der Waals surface area (Å²) < 4.78 is 10.9. The molecular formula is C13H18O2. The van der Waals surface area contributed by atoms with Gasteiger partial charge in [0.1, 0.15) is 0 Å². The number of ether oxygens (including phenoxy) is 2. The first-order chi connectivity index (χ1) is 7.17. The van der Waals surface area contributed by atoms with Gasteiger partial charge in [-0.2, -0.15) is 0 Å². The molecular weight excluding hydrogens is 188 g/mol. The standard InChI is InChI=1S/C13H18O2/c1-5-11-6-7-12(13(8-11)14-4)15-9-10(2)3/h5-8,10H,1,9H2,2-4H3. The van der Waals surface area contributed by atoms with Crippen LogP contribution in [0.3, 0.4) is 0 Å². The van der Waals surface area contributed by atoms with Crippen molar-refractivity contribution in [2.24, 2.45) is 5.92 Å². The van der Waals surface area contributed by atoms with Crippen LogP contribution >= 0.6 is 0 Å². The molecule has 1 aromatic rings. The van der Waals surface area contributed by atoms with E-state index in [1.807, 2.05) is 18.2 Å². The van der Waals surface area contributed by atoms with Gasteiger partial charge >= 0.3 is 0 Å². The molecule has 0 N–H and O–H groups in total. The summed E-state index contributed by atoms with van der Waals surface area (Å²) in [6.45, 7) is 8.64. The van der Waals surface area contributed by atoms with E-state index >= 15 is 0 Å². The summed E-state index contributed by atoms with van der Waals surface area (Å²) in [5.74, 6) is 2.05. The summed E-state index contributed by atoms with van der Waals surface area (Å²) in [5.41, 5.74) is 1.03. The Hall–Kier alpha value is -1.44. The molecule has 0 saturated heterocycles. The Labute approximate surface area is 91.5 Å². The summed E-state index contributed by atoms with van der Waals surface area (Å²) in [6.07, 6.45) is 1.79. The quantitative estimate of drug-likeness (QED) is 0.735. The Morgan fingerprint density at radius 2 is 2.07 bits per heavy atom. The smallest absolute Gasteiger partial charge is 0.161 e. The maximum Gasteiger partial charge on any atom is 0.161 e. The third kappa shape index (κ3) is 3.31. The maximum absolute atomic E-state index is 5.63. The first-order valence-electron chi connectivity index (χ1n) is 5.10. The Kier molecular flexibility index (Phi) is 4.22. The number of benzene rings is 1. The second kappa shape index (κ2) is 5.44. The van der Waals surface area contributed by atoms with Crippen molar-refractivity contribution in [3.63, 3.8) is 0 Å². The second-order valence-corrected chi connectivity index (χ2v) is 3.82. The molecule has 2 heteroatoms. The van der Waals surface area contributed by atoms with Crippen LogP contribution in [0.4, 0.5) is 0 Å². The Morgan fingerprint density at radius 3 is 2.60 bits per heavy atom. The van der Waals surface area contributed by atoms with E-state index < -0.39 is 0 Å². The Balaban J connectivity index is 2.82. The molecule has 0 aliphatic carbocycles. The molecule has 0 saturated carbocycles. The van der Waals surface area contributed by atoms with Crippen molar-refractivity contribution in [3.05, 3.63) is 30.3 Å². The van der Waals surface area contributed by atoms with Gasteiger partial charge in [-0.05, 0) is 23.6 Å². The van der Waals surface area contributed by atoms with Gasteiger partial charge in [-0.25, -0.2) is 0 Å². The van der Waals surface area contributed by atoms with E-state index in [2.05, 4.69) is 20.4 Å². The lowest BCUT2D eigenvalue weighted by molar-refractivity contribution is 0.257. The van der Waals surface area contributed by atoms with Crippen LogP contribution < -0.4 is 9.47 Å². The molecule has 0 radical (unpaired) electrons. The Bertz CT molecular complexity index is 329. The van der Waals surface area contributed by atoms with Crippen LogP contribution in [-0.2, 0) is 0 Å². The van der Waals surface area contributed by atoms with Crippen molar-refractivity contribution >= 4 is 6.08 Å². The van der Waals surface area contributed by atoms with Crippen LogP contribution in [0.5, 0.6) is 11.5 Å². The van der Waals surface area contributed by atoms with Crippen LogP contribution in [-0.4, -0.2) is 13.7 Å². The summed E-state index contributed by atoms with van der Waals surface area (Å²) in [7, 11) is 1.64. The maximum atomic E-state index is 5.63. The number of hydrogen-bond donors (Lipinski definition) is 0. The van der Waals surface area contributed by atoms with Crippen LogP contribution in [0.1, 0.15) is 19.4 Å². The van der Waals surface area contributed by atoms with E-state index in [0.717, 1.165) is 17.1 Å². The summed E-state index contributed by atoms with van der Waals surface area (Å²) in [6, 6.07) is 5.80. The molecule has 0 aromatic heterocycles. The molecule has 0 atom stereocenters. The molecule has 0 fully saturated rings. The number of rotatable bonds is 5. The highest BCUT2D eigenvalue weighted by Crippen LogP contribution is 2.28. The minimum atomic E-state index is 0.508. The third-order valence-electron chi connectivity index (χ3n) is 2.00. The number of hydrogen-bond acceptors (Lipinski definition) is 2. The first kappa shape index (κ1) is 11.6. The van der Waals surface area contributed by atoms with Crippen LogP contribution in [0, 0.1) is 5.92 Å². The number of methoxy groups -OCH3 is 1. The molecule has 2 nitrogen and oxygen atoms in total. The van der Waals surface area contributed by atoms with Crippen molar-refractivity contribution in [1.29, 1.82) is 0 Å². The third-order valence-corrected chi connectivity index (χ3v) is 2.00. The van der Waals surface area contributed by atoms with Gasteiger partial charge in [-0.15, -0.1) is 0 Å². The zero-order valence-electron chi connectivity index (χ0n) is 9.62. The van der Waals surface area contributed by atoms with Crippen LogP contribution in [0.2, 0.25) is 0 Å². The normalized spacial score (nSPS) is 10.1. The van der Waals surface area contributed by atoms with Gasteiger partial charge < -0.3 is 9.47 Å². The van der Waals surface area contributed by atoms with E-state index in [1.54, 1.807) is 13.2 Å². The van der Waals surface area contributed by atoms with E-state index in [1.165, 1.54) is 0 Å². The highest BCUT2D eigenvalue weighted by molar-refractivity contribution is 5.54. The van der Waals surface area contributed by atoms with Gasteiger partial charge in [0.2, 0.25) is 0 Å². The fourth-order valence-corrected chi connectivity index (χ4v) is 1.19. The Morgan fingerprint density at radius 1 is 1.33 bits per heavy atom. The molecule has 0 amide bonds. The summed E-state index contributed by atoms with van der Waals surface area (Å²) in [5, 5.41) is 0. The van der Waals surface area contributed by atoms with Crippen molar-refractivity contribution < 1.29 is 9.47 Å². The molecule has 0 bridgehead atoms. The average Bonchev–Trinajstić information content (AvgIpc) is 2.25. The SMILES string of the molecule is C=Cc1ccc(OCC(C)C)c(OC)c1. The van der Waals surface area contributed by atoms with E-state index in [-0.39, 0.29) is 0 Å². The van der Waals surface area contributed by atoms with Gasteiger partial charge in [-0.3, -0.25) is 0 Å². The first-order valence-corrected chi connectivity index (χ1v) is 5.10. The minimum absolute atomic E-state index is 0.508. The molecule has 0 aliphatic rings. The van der Waals surface area contributed by atoms with E-state index in [9.17, 15) is 0 Å². The zero-order valence-corrected chi connectivity index (χ0v) is 9.62. The molecule has 0 heterocycles. The largest absolute Gasteiger partial charge is 0.493 e. The lowest BCUT2D eigenvalue weighted by atomic mass is 10.2. The van der Waals surface area contributed by atoms with Crippen molar-refractivity contribution in [1.82, 2.24) is 0 Å². The van der Waals surface area contributed by atoms with Crippen molar-refractivity contribution in [2.75, 3.05) is 13.7 Å². The predicted octanol–water partition coefficient (Wildman–Crippen LogP) is 3.37. The minimum Gasteiger partial charge on any atom is -0.493 e. The molecule has 15 heavy (non-hydrogen) atoms. The van der Waals surface area contributed by atoms with Gasteiger partial charge in [0.15, 0.2) is 11.5 Å². The van der Waals surface area contributed by atoms with Gasteiger partial charge in [-0.1, -0.05) is 32.6 Å². The molecule has 1 aromatic carbocycles. The topological polar surface area (TPSA) is 18.5 Å². The van der Waals surface area contributed by atoms with Crippen molar-refractivity contribution in [3.8, 4) is 11.5 Å². The summed E-state index contributed by atoms with van der Waals surface area (Å²) in [4.78, 5) is 0. The van der Waals surface area contributed by atoms with E-state index in [4.69, 9.17) is 9.47 Å². The highest BCUT2D eigenvalue weighted by Gasteiger charge is 2.05. The lowest BCUT2D eigenvalue weighted by Gasteiger charge is -2.12. The molecule has 82 valence electrons. The molecule has 0 spiro atoms. The summed E-state index contributed by atoms with van der Waals surface area (Å²) >= 11 is 0. The van der Waals surface area contributed by atoms with E-state index in [0.29, 0.717) is 12.5 Å². The second-order valence-electron chi connectivity index (χ2n) is 3.82. The van der Waals surface area contributed by atoms with Crippen molar-refractivity contribution in [2.45, 2.75) is 13.8 Å². The molecule has 0 unspecified atom stereocenters. The fourth-order valence-electron chi connectivity index (χ4n) is 1.19. The van der Waals surface area contributed by atoms with Gasteiger partial charge in [0.25, 0.3) is 0 Å². The average molecular weight is 206 g/mol.